The molecule has 106 valence electrons. The van der Waals surface area contributed by atoms with Gasteiger partial charge in [-0.2, -0.15) is 0 Å². The van der Waals surface area contributed by atoms with Gasteiger partial charge in [0.05, 0.1) is 7.11 Å². The highest BCUT2D eigenvalue weighted by Gasteiger charge is 2.25. The van der Waals surface area contributed by atoms with E-state index in [9.17, 15) is 4.39 Å². The monoisotopic (exact) mass is 265 g/mol. The van der Waals surface area contributed by atoms with E-state index in [2.05, 4.69) is 12.2 Å². The molecule has 0 bridgehead atoms. The van der Waals surface area contributed by atoms with Gasteiger partial charge in [-0.1, -0.05) is 32.3 Å². The van der Waals surface area contributed by atoms with E-state index in [4.69, 9.17) is 4.74 Å². The maximum absolute atomic E-state index is 13.9. The minimum absolute atomic E-state index is 0.265. The molecule has 1 fully saturated rings. The van der Waals surface area contributed by atoms with Crippen molar-refractivity contribution in [2.24, 2.45) is 5.92 Å². The van der Waals surface area contributed by atoms with Gasteiger partial charge in [-0.05, 0) is 43.0 Å². The molecule has 1 aromatic carbocycles. The lowest BCUT2D eigenvalue weighted by molar-refractivity contribution is 0.273. The number of methoxy groups -OCH3 is 1. The molecular formula is C16H24FNO. The van der Waals surface area contributed by atoms with Gasteiger partial charge in [-0.15, -0.1) is 0 Å². The van der Waals surface area contributed by atoms with Crippen molar-refractivity contribution in [3.05, 3.63) is 29.6 Å². The van der Waals surface area contributed by atoms with E-state index in [0.29, 0.717) is 11.7 Å². The summed E-state index contributed by atoms with van der Waals surface area (Å²) in [5.41, 5.74) is 1.05. The molecule has 1 unspecified atom stereocenters. The Morgan fingerprint density at radius 3 is 2.63 bits per heavy atom. The Labute approximate surface area is 115 Å². The third-order valence-corrected chi connectivity index (χ3v) is 4.08. The topological polar surface area (TPSA) is 21.3 Å². The standard InChI is InChI=1S/C16H24FNO/c1-3-18-16(12-7-5-4-6-8-12)13-9-10-15(19-2)14(17)11-13/h9-12,16,18H,3-8H2,1-2H3. The third-order valence-electron chi connectivity index (χ3n) is 4.08. The molecule has 1 aromatic rings. The third kappa shape index (κ3) is 3.47. The number of hydrogen-bond donors (Lipinski definition) is 1. The van der Waals surface area contributed by atoms with Gasteiger partial charge in [0.1, 0.15) is 0 Å². The summed E-state index contributed by atoms with van der Waals surface area (Å²) >= 11 is 0. The molecule has 0 heterocycles. The van der Waals surface area contributed by atoms with Crippen LogP contribution in [-0.4, -0.2) is 13.7 Å². The normalized spacial score (nSPS) is 18.3. The van der Waals surface area contributed by atoms with Crippen LogP contribution in [-0.2, 0) is 0 Å². The van der Waals surface area contributed by atoms with Crippen LogP contribution in [0.3, 0.4) is 0 Å². The van der Waals surface area contributed by atoms with Crippen LogP contribution in [0, 0.1) is 11.7 Å². The number of benzene rings is 1. The average Bonchev–Trinajstić information content (AvgIpc) is 2.45. The largest absolute Gasteiger partial charge is 0.494 e. The summed E-state index contributed by atoms with van der Waals surface area (Å²) in [4.78, 5) is 0. The van der Waals surface area contributed by atoms with Gasteiger partial charge in [-0.25, -0.2) is 4.39 Å². The van der Waals surface area contributed by atoms with Crippen molar-refractivity contribution in [2.75, 3.05) is 13.7 Å². The van der Waals surface area contributed by atoms with Crippen LogP contribution in [0.4, 0.5) is 4.39 Å². The zero-order valence-corrected chi connectivity index (χ0v) is 11.9. The van der Waals surface area contributed by atoms with Crippen LogP contribution in [0.25, 0.3) is 0 Å². The van der Waals surface area contributed by atoms with E-state index in [1.807, 2.05) is 6.07 Å². The van der Waals surface area contributed by atoms with Crippen LogP contribution in [0.5, 0.6) is 5.75 Å². The lowest BCUT2D eigenvalue weighted by atomic mass is 9.81. The summed E-state index contributed by atoms with van der Waals surface area (Å²) in [6, 6.07) is 5.62. The fraction of sp³-hybridized carbons (Fsp3) is 0.625. The van der Waals surface area contributed by atoms with Crippen LogP contribution in [0.15, 0.2) is 18.2 Å². The number of halogens is 1. The van der Waals surface area contributed by atoms with Crippen molar-refractivity contribution in [3.8, 4) is 5.75 Å². The second kappa shape index (κ2) is 6.90. The highest BCUT2D eigenvalue weighted by Crippen LogP contribution is 2.35. The second-order valence-electron chi connectivity index (χ2n) is 5.33. The Balaban J connectivity index is 2.19. The minimum Gasteiger partial charge on any atom is -0.494 e. The molecule has 0 aromatic heterocycles. The Hall–Kier alpha value is -1.09. The van der Waals surface area contributed by atoms with Gasteiger partial charge in [0.25, 0.3) is 0 Å². The summed E-state index contributed by atoms with van der Waals surface area (Å²) in [7, 11) is 1.50. The predicted molar refractivity (Wildman–Crippen MR) is 75.9 cm³/mol. The lowest BCUT2D eigenvalue weighted by Crippen LogP contribution is -2.29. The molecule has 19 heavy (non-hydrogen) atoms. The SMILES string of the molecule is CCNC(c1ccc(OC)c(F)c1)C1CCCCC1. The number of rotatable bonds is 5. The first-order chi connectivity index (χ1) is 9.26. The fourth-order valence-corrected chi connectivity index (χ4v) is 3.12. The molecule has 3 heteroatoms. The first kappa shape index (κ1) is 14.3. The second-order valence-corrected chi connectivity index (χ2v) is 5.33. The smallest absolute Gasteiger partial charge is 0.165 e. The molecular weight excluding hydrogens is 241 g/mol. The molecule has 1 atom stereocenters. The fourth-order valence-electron chi connectivity index (χ4n) is 3.12. The van der Waals surface area contributed by atoms with Crippen molar-refractivity contribution in [3.63, 3.8) is 0 Å². The zero-order valence-electron chi connectivity index (χ0n) is 11.9. The van der Waals surface area contributed by atoms with E-state index in [1.54, 1.807) is 12.1 Å². The maximum atomic E-state index is 13.9. The molecule has 2 nitrogen and oxygen atoms in total. The predicted octanol–water partition coefficient (Wildman–Crippen LogP) is 4.07. The molecule has 0 aliphatic heterocycles. The summed E-state index contributed by atoms with van der Waals surface area (Å²) in [6.07, 6.45) is 6.42. The Bertz CT molecular complexity index is 402. The average molecular weight is 265 g/mol. The van der Waals surface area contributed by atoms with Gasteiger partial charge in [-0.3, -0.25) is 0 Å². The number of nitrogens with one attached hydrogen (secondary N) is 1. The first-order valence-corrected chi connectivity index (χ1v) is 7.33. The molecule has 1 saturated carbocycles. The van der Waals surface area contributed by atoms with Gasteiger partial charge in [0.15, 0.2) is 11.6 Å². The van der Waals surface area contributed by atoms with Gasteiger partial charge in [0, 0.05) is 6.04 Å². The van der Waals surface area contributed by atoms with Crippen LogP contribution < -0.4 is 10.1 Å². The quantitative estimate of drug-likeness (QED) is 0.866. The van der Waals surface area contributed by atoms with Gasteiger partial charge in [0.2, 0.25) is 0 Å². The molecule has 2 rings (SSSR count). The van der Waals surface area contributed by atoms with E-state index in [-0.39, 0.29) is 11.9 Å². The van der Waals surface area contributed by atoms with Crippen LogP contribution >= 0.6 is 0 Å². The van der Waals surface area contributed by atoms with Crippen molar-refractivity contribution in [2.45, 2.75) is 45.1 Å². The van der Waals surface area contributed by atoms with Crippen molar-refractivity contribution < 1.29 is 9.13 Å². The van der Waals surface area contributed by atoms with Crippen LogP contribution in [0.1, 0.15) is 50.6 Å². The van der Waals surface area contributed by atoms with Crippen LogP contribution in [0.2, 0.25) is 0 Å². The summed E-state index contributed by atoms with van der Waals surface area (Å²) in [5, 5.41) is 3.53. The van der Waals surface area contributed by atoms with Crippen molar-refractivity contribution in [1.82, 2.24) is 5.32 Å². The summed E-state index contributed by atoms with van der Waals surface area (Å²) in [5.74, 6) is 0.683. The zero-order chi connectivity index (χ0) is 13.7. The Morgan fingerprint density at radius 1 is 1.32 bits per heavy atom. The molecule has 1 aliphatic rings. The van der Waals surface area contributed by atoms with E-state index < -0.39 is 0 Å². The molecule has 0 radical (unpaired) electrons. The van der Waals surface area contributed by atoms with Crippen molar-refractivity contribution >= 4 is 0 Å². The molecule has 0 saturated heterocycles. The first-order valence-electron chi connectivity index (χ1n) is 7.33. The number of hydrogen-bond acceptors (Lipinski definition) is 2. The van der Waals surface area contributed by atoms with E-state index in [1.165, 1.54) is 39.2 Å². The van der Waals surface area contributed by atoms with E-state index >= 15 is 0 Å². The molecule has 1 aliphatic carbocycles. The Morgan fingerprint density at radius 2 is 2.05 bits per heavy atom. The number of ether oxygens (including phenoxy) is 1. The Kier molecular flexibility index (Phi) is 5.20. The summed E-state index contributed by atoms with van der Waals surface area (Å²) < 4.78 is 18.9. The lowest BCUT2D eigenvalue weighted by Gasteiger charge is -2.31. The highest BCUT2D eigenvalue weighted by molar-refractivity contribution is 5.31. The molecule has 1 N–H and O–H groups in total. The summed E-state index contributed by atoms with van der Waals surface area (Å²) in [6.45, 7) is 3.02. The van der Waals surface area contributed by atoms with Gasteiger partial charge < -0.3 is 10.1 Å². The minimum atomic E-state index is -0.265. The molecule has 0 spiro atoms. The van der Waals surface area contributed by atoms with E-state index in [0.717, 1.165) is 12.1 Å². The van der Waals surface area contributed by atoms with Crippen molar-refractivity contribution in [1.29, 1.82) is 0 Å². The maximum Gasteiger partial charge on any atom is 0.165 e. The molecule has 0 amide bonds. The highest BCUT2D eigenvalue weighted by atomic mass is 19.1. The van der Waals surface area contributed by atoms with Gasteiger partial charge >= 0.3 is 0 Å².